The molecule has 120 valence electrons. The van der Waals surface area contributed by atoms with Crippen LogP contribution in [0, 0.1) is 13.8 Å². The summed E-state index contributed by atoms with van der Waals surface area (Å²) in [5.41, 5.74) is 7.81. The van der Waals surface area contributed by atoms with Gasteiger partial charge in [-0.1, -0.05) is 12.1 Å². The molecule has 0 amide bonds. The van der Waals surface area contributed by atoms with Crippen LogP contribution in [0.15, 0.2) is 42.5 Å². The van der Waals surface area contributed by atoms with Crippen LogP contribution < -0.4 is 0 Å². The molecule has 0 fully saturated rings. The molecule has 0 bridgehead atoms. The SMILES string of the molecule is Cc1cc2c3c(cc(C)cc3c1)-c1nc3cc(C(=O)O)ccc3nc1-2. The first-order chi connectivity index (χ1) is 12.0. The van der Waals surface area contributed by atoms with Crippen molar-refractivity contribution in [1.82, 2.24) is 9.97 Å². The molecule has 1 aromatic heterocycles. The molecular weight excluding hydrogens is 312 g/mol. The topological polar surface area (TPSA) is 63.1 Å². The van der Waals surface area contributed by atoms with Crippen molar-refractivity contribution in [2.45, 2.75) is 13.8 Å². The Kier molecular flexibility index (Phi) is 2.61. The third-order valence-electron chi connectivity index (χ3n) is 4.76. The Hall–Kier alpha value is -3.27. The van der Waals surface area contributed by atoms with Crippen LogP contribution in [0.4, 0.5) is 0 Å². The van der Waals surface area contributed by atoms with E-state index in [0.717, 1.165) is 22.5 Å². The van der Waals surface area contributed by atoms with Crippen molar-refractivity contribution in [3.8, 4) is 22.5 Å². The van der Waals surface area contributed by atoms with Crippen LogP contribution in [0.2, 0.25) is 0 Å². The summed E-state index contributed by atoms with van der Waals surface area (Å²) in [6.45, 7) is 4.16. The van der Waals surface area contributed by atoms with Gasteiger partial charge in [-0.15, -0.1) is 0 Å². The van der Waals surface area contributed by atoms with Gasteiger partial charge in [0.2, 0.25) is 0 Å². The highest BCUT2D eigenvalue weighted by Gasteiger charge is 2.25. The molecule has 0 saturated carbocycles. The number of fused-ring (bicyclic) bond motifs is 4. The number of aromatic carboxylic acids is 1. The lowest BCUT2D eigenvalue weighted by molar-refractivity contribution is 0.0697. The van der Waals surface area contributed by atoms with E-state index in [1.54, 1.807) is 18.2 Å². The van der Waals surface area contributed by atoms with Crippen LogP contribution in [-0.4, -0.2) is 21.0 Å². The number of aryl methyl sites for hydroxylation is 2. The predicted octanol–water partition coefficient (Wildman–Crippen LogP) is 4.75. The quantitative estimate of drug-likeness (QED) is 0.483. The van der Waals surface area contributed by atoms with Gasteiger partial charge < -0.3 is 5.11 Å². The molecule has 0 spiro atoms. The molecule has 3 aromatic carbocycles. The van der Waals surface area contributed by atoms with E-state index in [-0.39, 0.29) is 5.56 Å². The number of nitrogens with zero attached hydrogens (tertiary/aromatic N) is 2. The molecule has 1 N–H and O–H groups in total. The first-order valence-electron chi connectivity index (χ1n) is 8.12. The molecule has 0 radical (unpaired) electrons. The zero-order valence-corrected chi connectivity index (χ0v) is 13.8. The van der Waals surface area contributed by atoms with E-state index >= 15 is 0 Å². The Labute approximate surface area is 143 Å². The van der Waals surface area contributed by atoms with Gasteiger partial charge in [0, 0.05) is 16.5 Å². The first kappa shape index (κ1) is 14.1. The van der Waals surface area contributed by atoms with Crippen molar-refractivity contribution in [1.29, 1.82) is 0 Å². The van der Waals surface area contributed by atoms with E-state index < -0.39 is 5.97 Å². The molecular formula is C21H14N2O2. The third kappa shape index (κ3) is 1.91. The van der Waals surface area contributed by atoms with Gasteiger partial charge in [0.05, 0.1) is 28.0 Å². The lowest BCUT2D eigenvalue weighted by atomic mass is 9.99. The van der Waals surface area contributed by atoms with Gasteiger partial charge in [0.15, 0.2) is 0 Å². The molecule has 5 rings (SSSR count). The van der Waals surface area contributed by atoms with E-state index in [1.807, 2.05) is 0 Å². The second-order valence-electron chi connectivity index (χ2n) is 6.65. The minimum absolute atomic E-state index is 0.225. The van der Waals surface area contributed by atoms with Crippen LogP contribution >= 0.6 is 0 Å². The van der Waals surface area contributed by atoms with Crippen LogP contribution in [0.5, 0.6) is 0 Å². The maximum Gasteiger partial charge on any atom is 0.335 e. The monoisotopic (exact) mass is 326 g/mol. The summed E-state index contributed by atoms with van der Waals surface area (Å²) < 4.78 is 0. The lowest BCUT2D eigenvalue weighted by Gasteiger charge is -2.05. The van der Waals surface area contributed by atoms with E-state index in [9.17, 15) is 9.90 Å². The second-order valence-corrected chi connectivity index (χ2v) is 6.65. The molecule has 1 aliphatic rings. The van der Waals surface area contributed by atoms with Crippen LogP contribution in [-0.2, 0) is 0 Å². The summed E-state index contributed by atoms with van der Waals surface area (Å²) >= 11 is 0. The highest BCUT2D eigenvalue weighted by Crippen LogP contribution is 2.46. The number of aromatic nitrogens is 2. The van der Waals surface area contributed by atoms with E-state index in [0.29, 0.717) is 11.0 Å². The van der Waals surface area contributed by atoms with Crippen LogP contribution in [0.3, 0.4) is 0 Å². The summed E-state index contributed by atoms with van der Waals surface area (Å²) in [6, 6.07) is 13.5. The molecule has 25 heavy (non-hydrogen) atoms. The third-order valence-corrected chi connectivity index (χ3v) is 4.76. The minimum atomic E-state index is -0.957. The number of rotatable bonds is 1. The molecule has 4 aromatic rings. The van der Waals surface area contributed by atoms with Gasteiger partial charge in [0.1, 0.15) is 0 Å². The largest absolute Gasteiger partial charge is 0.478 e. The van der Waals surface area contributed by atoms with Crippen molar-refractivity contribution in [3.63, 3.8) is 0 Å². The normalized spacial score (nSPS) is 11.9. The summed E-state index contributed by atoms with van der Waals surface area (Å²) in [6.07, 6.45) is 0. The standard InChI is InChI=1S/C21H14N2O2/c1-10-5-13-6-11(2)8-15-18(13)14(7-10)19-20(15)23-17-9-12(21(24)25)3-4-16(17)22-19/h3-9H,1-2H3,(H,24,25). The molecule has 0 aliphatic heterocycles. The molecule has 1 aliphatic carbocycles. The van der Waals surface area contributed by atoms with Gasteiger partial charge in [0.25, 0.3) is 0 Å². The van der Waals surface area contributed by atoms with Crippen LogP contribution in [0.25, 0.3) is 44.3 Å². The summed E-state index contributed by atoms with van der Waals surface area (Å²) in [7, 11) is 0. The molecule has 0 atom stereocenters. The fourth-order valence-corrected chi connectivity index (χ4v) is 3.75. The maximum absolute atomic E-state index is 11.2. The zero-order chi connectivity index (χ0) is 17.3. The summed E-state index contributed by atoms with van der Waals surface area (Å²) in [4.78, 5) is 20.8. The Balaban J connectivity index is 1.91. The van der Waals surface area contributed by atoms with Crippen molar-refractivity contribution >= 4 is 27.8 Å². The molecule has 0 unspecified atom stereocenters. The minimum Gasteiger partial charge on any atom is -0.478 e. The Morgan fingerprint density at radius 2 is 1.44 bits per heavy atom. The number of hydrogen-bond acceptors (Lipinski definition) is 3. The van der Waals surface area contributed by atoms with Crippen molar-refractivity contribution in [2.75, 3.05) is 0 Å². The van der Waals surface area contributed by atoms with Crippen molar-refractivity contribution in [3.05, 3.63) is 59.2 Å². The van der Waals surface area contributed by atoms with E-state index in [2.05, 4.69) is 38.1 Å². The molecule has 4 heteroatoms. The van der Waals surface area contributed by atoms with Gasteiger partial charge >= 0.3 is 5.97 Å². The number of carboxylic acids is 1. The van der Waals surface area contributed by atoms with Gasteiger partial charge in [-0.25, -0.2) is 14.8 Å². The summed E-state index contributed by atoms with van der Waals surface area (Å²) in [5, 5.41) is 11.6. The van der Waals surface area contributed by atoms with Crippen molar-refractivity contribution in [2.24, 2.45) is 0 Å². The highest BCUT2D eigenvalue weighted by molar-refractivity contribution is 6.14. The molecule has 1 heterocycles. The molecule has 4 nitrogen and oxygen atoms in total. The first-order valence-corrected chi connectivity index (χ1v) is 8.12. The highest BCUT2D eigenvalue weighted by atomic mass is 16.4. The average molecular weight is 326 g/mol. The maximum atomic E-state index is 11.2. The molecule has 0 saturated heterocycles. The Bertz CT molecular complexity index is 1240. The van der Waals surface area contributed by atoms with E-state index in [4.69, 9.17) is 9.97 Å². The fourth-order valence-electron chi connectivity index (χ4n) is 3.75. The summed E-state index contributed by atoms with van der Waals surface area (Å²) in [5.74, 6) is -0.957. The second kappa shape index (κ2) is 4.63. The van der Waals surface area contributed by atoms with Gasteiger partial charge in [-0.3, -0.25) is 0 Å². The van der Waals surface area contributed by atoms with Gasteiger partial charge in [-0.05, 0) is 60.7 Å². The Morgan fingerprint density at radius 3 is 2.04 bits per heavy atom. The van der Waals surface area contributed by atoms with E-state index in [1.165, 1.54) is 21.9 Å². The van der Waals surface area contributed by atoms with Crippen molar-refractivity contribution < 1.29 is 9.90 Å². The smallest absolute Gasteiger partial charge is 0.335 e. The Morgan fingerprint density at radius 1 is 0.840 bits per heavy atom. The number of carbonyl (C=O) groups is 1. The predicted molar refractivity (Wildman–Crippen MR) is 97.9 cm³/mol. The van der Waals surface area contributed by atoms with Crippen LogP contribution in [0.1, 0.15) is 21.5 Å². The number of benzene rings is 3. The number of hydrogen-bond donors (Lipinski definition) is 1. The number of carboxylic acid groups (broad SMARTS) is 1. The van der Waals surface area contributed by atoms with Gasteiger partial charge in [-0.2, -0.15) is 0 Å². The fraction of sp³-hybridized carbons (Fsp3) is 0.0952. The lowest BCUT2D eigenvalue weighted by Crippen LogP contribution is -1.97. The zero-order valence-electron chi connectivity index (χ0n) is 13.8. The average Bonchev–Trinajstić information content (AvgIpc) is 2.86.